The van der Waals surface area contributed by atoms with Crippen LogP contribution >= 0.6 is 28.3 Å². The van der Waals surface area contributed by atoms with Gasteiger partial charge in [-0.1, -0.05) is 28.1 Å². The van der Waals surface area contributed by atoms with Gasteiger partial charge in [0.15, 0.2) is 0 Å². The summed E-state index contributed by atoms with van der Waals surface area (Å²) in [6, 6.07) is 8.68. The molecule has 0 unspecified atom stereocenters. The number of nitrogens with zero attached hydrogens (tertiary/aromatic N) is 2. The van der Waals surface area contributed by atoms with Gasteiger partial charge in [0.05, 0.1) is 0 Å². The van der Waals surface area contributed by atoms with Crippen LogP contribution < -0.4 is 5.32 Å². The number of rotatable bonds is 6. The number of piperidine rings is 1. The lowest BCUT2D eigenvalue weighted by Gasteiger charge is -2.33. The Hall–Kier alpha value is -0.620. The topological polar surface area (TPSA) is 35.6 Å². The Bertz CT molecular complexity index is 509. The summed E-state index contributed by atoms with van der Waals surface area (Å²) in [4.78, 5) is 17.2. The van der Waals surface area contributed by atoms with Gasteiger partial charge in [0.25, 0.3) is 0 Å². The number of carbonyl (C=O) groups is 1. The van der Waals surface area contributed by atoms with E-state index < -0.39 is 0 Å². The lowest BCUT2D eigenvalue weighted by molar-refractivity contribution is -0.137. The summed E-state index contributed by atoms with van der Waals surface area (Å²) in [5.41, 5.74) is 1.18. The summed E-state index contributed by atoms with van der Waals surface area (Å²) in [7, 11) is 4.10. The van der Waals surface area contributed by atoms with Gasteiger partial charge in [0.1, 0.15) is 0 Å². The van der Waals surface area contributed by atoms with Crippen LogP contribution in [0.15, 0.2) is 28.7 Å². The molecular formula is C18H29BrClN3O. The van der Waals surface area contributed by atoms with Gasteiger partial charge in [-0.2, -0.15) is 0 Å². The van der Waals surface area contributed by atoms with Gasteiger partial charge in [0, 0.05) is 36.1 Å². The van der Waals surface area contributed by atoms with Gasteiger partial charge >= 0.3 is 0 Å². The smallest absolute Gasteiger partial charge is 0.226 e. The van der Waals surface area contributed by atoms with Crippen molar-refractivity contribution in [1.82, 2.24) is 15.1 Å². The maximum Gasteiger partial charge on any atom is 0.226 e. The van der Waals surface area contributed by atoms with Gasteiger partial charge in [-0.15, -0.1) is 12.4 Å². The van der Waals surface area contributed by atoms with E-state index in [0.717, 1.165) is 36.9 Å². The molecule has 0 bridgehead atoms. The fourth-order valence-electron chi connectivity index (χ4n) is 3.01. The van der Waals surface area contributed by atoms with Gasteiger partial charge in [0.2, 0.25) is 5.91 Å². The van der Waals surface area contributed by atoms with E-state index in [4.69, 9.17) is 0 Å². The summed E-state index contributed by atoms with van der Waals surface area (Å²) in [6.07, 6.45) is 1.89. The minimum absolute atomic E-state index is 0. The maximum absolute atomic E-state index is 13.0. The van der Waals surface area contributed by atoms with E-state index >= 15 is 0 Å². The predicted molar refractivity (Wildman–Crippen MR) is 106 cm³/mol. The normalized spacial score (nSPS) is 20.5. The van der Waals surface area contributed by atoms with Gasteiger partial charge in [-0.05, 0) is 58.1 Å². The van der Waals surface area contributed by atoms with Gasteiger partial charge in [-0.3, -0.25) is 4.79 Å². The molecule has 1 aromatic carbocycles. The molecule has 24 heavy (non-hydrogen) atoms. The second-order valence-corrected chi connectivity index (χ2v) is 7.68. The van der Waals surface area contributed by atoms with E-state index in [1.165, 1.54) is 5.56 Å². The Morgan fingerprint density at radius 2 is 1.92 bits per heavy atom. The molecule has 136 valence electrons. The highest BCUT2D eigenvalue weighted by atomic mass is 79.9. The third kappa shape index (κ3) is 6.71. The van der Waals surface area contributed by atoms with Crippen LogP contribution in [0.5, 0.6) is 0 Å². The molecule has 1 heterocycles. The fourth-order valence-corrected chi connectivity index (χ4v) is 3.28. The monoisotopic (exact) mass is 417 g/mol. The zero-order valence-corrected chi connectivity index (χ0v) is 17.2. The lowest BCUT2D eigenvalue weighted by atomic mass is 9.92. The number of likely N-dealkylation sites (N-methyl/N-ethyl adjacent to an activating group) is 1. The van der Waals surface area contributed by atoms with E-state index in [2.05, 4.69) is 59.3 Å². The Kier molecular flexibility index (Phi) is 9.27. The number of benzene rings is 1. The molecule has 1 aliphatic heterocycles. The van der Waals surface area contributed by atoms with Crippen LogP contribution in [-0.4, -0.2) is 55.5 Å². The van der Waals surface area contributed by atoms with Crippen LogP contribution in [0, 0.1) is 5.92 Å². The first kappa shape index (κ1) is 21.4. The van der Waals surface area contributed by atoms with Crippen molar-refractivity contribution < 1.29 is 4.79 Å². The molecule has 0 radical (unpaired) electrons. The van der Waals surface area contributed by atoms with Crippen molar-refractivity contribution in [1.29, 1.82) is 0 Å². The third-order valence-electron chi connectivity index (χ3n) is 4.39. The summed E-state index contributed by atoms with van der Waals surface area (Å²) in [5, 5.41) is 3.43. The standard InChI is InChI=1S/C18H28BrN3O.ClH/c1-14-12-16(8-9-20-14)18(23)22(11-10-21(2)3)13-15-4-6-17(19)7-5-15;/h4-7,14,16,20H,8-13H2,1-3H3;1H/t14-,16-;/m0./s1. The number of nitrogens with one attached hydrogen (secondary N) is 1. The van der Waals surface area contributed by atoms with Crippen molar-refractivity contribution in [3.8, 4) is 0 Å². The largest absolute Gasteiger partial charge is 0.337 e. The number of halogens is 2. The zero-order valence-electron chi connectivity index (χ0n) is 14.8. The van der Waals surface area contributed by atoms with E-state index in [-0.39, 0.29) is 18.3 Å². The molecule has 1 aromatic rings. The number of hydrogen-bond acceptors (Lipinski definition) is 3. The summed E-state index contributed by atoms with van der Waals surface area (Å²) in [6.45, 7) is 5.47. The van der Waals surface area contributed by atoms with Gasteiger partial charge < -0.3 is 15.1 Å². The quantitative estimate of drug-likeness (QED) is 0.771. The van der Waals surface area contributed by atoms with Crippen molar-refractivity contribution in [3.63, 3.8) is 0 Å². The molecular weight excluding hydrogens is 390 g/mol. The Balaban J connectivity index is 0.00000288. The molecule has 2 atom stereocenters. The van der Waals surface area contributed by atoms with Crippen molar-refractivity contribution in [3.05, 3.63) is 34.3 Å². The van der Waals surface area contributed by atoms with Crippen molar-refractivity contribution >= 4 is 34.2 Å². The summed E-state index contributed by atoms with van der Waals surface area (Å²) in [5.74, 6) is 0.465. The summed E-state index contributed by atoms with van der Waals surface area (Å²) >= 11 is 3.47. The highest BCUT2D eigenvalue weighted by Crippen LogP contribution is 2.20. The fraction of sp³-hybridized carbons (Fsp3) is 0.611. The van der Waals surface area contributed by atoms with Crippen LogP contribution in [0.25, 0.3) is 0 Å². The SMILES string of the molecule is C[C@H]1C[C@@H](C(=O)N(CCN(C)C)Cc2ccc(Br)cc2)CCN1.Cl. The minimum Gasteiger partial charge on any atom is -0.337 e. The van der Waals surface area contributed by atoms with Crippen molar-refractivity contribution in [2.45, 2.75) is 32.4 Å². The summed E-state index contributed by atoms with van der Waals surface area (Å²) < 4.78 is 1.07. The minimum atomic E-state index is 0. The van der Waals surface area contributed by atoms with Crippen LogP contribution in [0.1, 0.15) is 25.3 Å². The van der Waals surface area contributed by atoms with Crippen LogP contribution in [0.4, 0.5) is 0 Å². The molecule has 0 aliphatic carbocycles. The first-order valence-electron chi connectivity index (χ1n) is 8.37. The number of hydrogen-bond donors (Lipinski definition) is 1. The van der Waals surface area contributed by atoms with E-state index in [1.807, 2.05) is 17.0 Å². The second kappa shape index (κ2) is 10.4. The molecule has 0 saturated carbocycles. The first-order valence-corrected chi connectivity index (χ1v) is 9.16. The molecule has 0 spiro atoms. The molecule has 0 aromatic heterocycles. The van der Waals surface area contributed by atoms with Crippen LogP contribution in [-0.2, 0) is 11.3 Å². The number of amides is 1. The predicted octanol–water partition coefficient (Wildman–Crippen LogP) is 3.15. The Morgan fingerprint density at radius 3 is 2.50 bits per heavy atom. The second-order valence-electron chi connectivity index (χ2n) is 6.77. The average molecular weight is 419 g/mol. The molecule has 2 rings (SSSR count). The van der Waals surface area contributed by atoms with Gasteiger partial charge in [-0.25, -0.2) is 0 Å². The average Bonchev–Trinajstić information content (AvgIpc) is 2.52. The molecule has 1 fully saturated rings. The highest BCUT2D eigenvalue weighted by Gasteiger charge is 2.28. The molecule has 6 heteroatoms. The third-order valence-corrected chi connectivity index (χ3v) is 4.92. The van der Waals surface area contributed by atoms with E-state index in [0.29, 0.717) is 18.5 Å². The van der Waals surface area contributed by atoms with Crippen LogP contribution in [0.3, 0.4) is 0 Å². The Labute approximate surface area is 160 Å². The van der Waals surface area contributed by atoms with Crippen molar-refractivity contribution in [2.24, 2.45) is 5.92 Å². The van der Waals surface area contributed by atoms with Crippen LogP contribution in [0.2, 0.25) is 0 Å². The zero-order chi connectivity index (χ0) is 16.8. The molecule has 1 aliphatic rings. The Morgan fingerprint density at radius 1 is 1.25 bits per heavy atom. The van der Waals surface area contributed by atoms with E-state index in [9.17, 15) is 4.79 Å². The molecule has 1 N–H and O–H groups in total. The highest BCUT2D eigenvalue weighted by molar-refractivity contribution is 9.10. The maximum atomic E-state index is 13.0. The van der Waals surface area contributed by atoms with Crippen molar-refractivity contribution in [2.75, 3.05) is 33.7 Å². The lowest BCUT2D eigenvalue weighted by Crippen LogP contribution is -2.45. The molecule has 1 saturated heterocycles. The number of carbonyl (C=O) groups excluding carboxylic acids is 1. The molecule has 1 amide bonds. The molecule has 4 nitrogen and oxygen atoms in total. The first-order chi connectivity index (χ1) is 11.0. The van der Waals surface area contributed by atoms with E-state index in [1.54, 1.807) is 0 Å².